The average Bonchev–Trinajstić information content (AvgIpc) is 2.75. The van der Waals surface area contributed by atoms with Gasteiger partial charge in [-0.05, 0) is 42.7 Å². The van der Waals surface area contributed by atoms with Crippen LogP contribution >= 0.6 is 0 Å². The molecule has 0 bridgehead atoms. The summed E-state index contributed by atoms with van der Waals surface area (Å²) in [5.74, 6) is -0.395. The lowest BCUT2D eigenvalue weighted by molar-refractivity contribution is -0.187. The highest BCUT2D eigenvalue weighted by Gasteiger charge is 2.49. The Hall–Kier alpha value is -1.78. The van der Waals surface area contributed by atoms with Crippen molar-refractivity contribution < 1.29 is 18.0 Å². The molecule has 1 unspecified atom stereocenters. The zero-order valence-corrected chi connectivity index (χ0v) is 10.4. The molecule has 19 heavy (non-hydrogen) atoms. The molecule has 0 radical (unpaired) electrons. The quantitative estimate of drug-likeness (QED) is 0.819. The Morgan fingerprint density at radius 2 is 1.95 bits per heavy atom. The minimum atomic E-state index is -4.48. The van der Waals surface area contributed by atoms with E-state index >= 15 is 0 Å². The molecular formula is C14H12F3NO. The lowest BCUT2D eigenvalue weighted by Crippen LogP contribution is -2.54. The summed E-state index contributed by atoms with van der Waals surface area (Å²) in [5, 5.41) is 2.05. The minimum absolute atomic E-state index is 0.284. The van der Waals surface area contributed by atoms with Crippen LogP contribution in [0.2, 0.25) is 0 Å². The number of alkyl halides is 3. The number of fused-ring (bicyclic) bond motifs is 3. The van der Waals surface area contributed by atoms with Gasteiger partial charge in [0.2, 0.25) is 0 Å². The van der Waals surface area contributed by atoms with Crippen molar-refractivity contribution in [3.05, 3.63) is 46.6 Å². The van der Waals surface area contributed by atoms with Crippen molar-refractivity contribution in [1.29, 1.82) is 0 Å². The molecule has 3 aliphatic carbocycles. The molecule has 1 N–H and O–H groups in total. The highest BCUT2D eigenvalue weighted by atomic mass is 19.4. The van der Waals surface area contributed by atoms with E-state index in [-0.39, 0.29) is 5.92 Å². The van der Waals surface area contributed by atoms with Crippen LogP contribution < -0.4 is 5.32 Å². The van der Waals surface area contributed by atoms with Crippen molar-refractivity contribution >= 4 is 5.91 Å². The van der Waals surface area contributed by atoms with Gasteiger partial charge in [-0.25, -0.2) is 0 Å². The highest BCUT2D eigenvalue weighted by molar-refractivity contribution is 6.02. The Morgan fingerprint density at radius 1 is 1.26 bits per heavy atom. The number of hydrogen-bond donors (Lipinski definition) is 1. The van der Waals surface area contributed by atoms with E-state index in [2.05, 4.69) is 11.4 Å². The summed E-state index contributed by atoms with van der Waals surface area (Å²) in [4.78, 5) is 12.0. The number of hydrogen-bond acceptors (Lipinski definition) is 1. The van der Waals surface area contributed by atoms with Gasteiger partial charge in [-0.3, -0.25) is 4.79 Å². The van der Waals surface area contributed by atoms with Gasteiger partial charge in [0.05, 0.1) is 0 Å². The van der Waals surface area contributed by atoms with Crippen LogP contribution in [0.5, 0.6) is 0 Å². The topological polar surface area (TPSA) is 29.1 Å². The monoisotopic (exact) mass is 267 g/mol. The third-order valence-corrected chi connectivity index (χ3v) is 3.67. The molecule has 0 aliphatic heterocycles. The Morgan fingerprint density at radius 3 is 2.58 bits per heavy atom. The first-order chi connectivity index (χ1) is 8.71. The fraction of sp³-hybridized carbons (Fsp3) is 0.357. The summed E-state index contributed by atoms with van der Waals surface area (Å²) in [5.41, 5.74) is 1.01. The lowest BCUT2D eigenvalue weighted by Gasteiger charge is -2.29. The van der Waals surface area contributed by atoms with Gasteiger partial charge in [-0.2, -0.15) is 13.2 Å². The lowest BCUT2D eigenvalue weighted by atomic mass is 10.0. The van der Waals surface area contributed by atoms with Crippen molar-refractivity contribution in [3.8, 4) is 0 Å². The molecule has 3 aliphatic rings. The van der Waals surface area contributed by atoms with Gasteiger partial charge in [-0.1, -0.05) is 12.2 Å². The third kappa shape index (κ3) is 1.76. The fourth-order valence-corrected chi connectivity index (χ4v) is 2.28. The predicted molar refractivity (Wildman–Crippen MR) is 64.1 cm³/mol. The van der Waals surface area contributed by atoms with Crippen LogP contribution in [0.4, 0.5) is 13.2 Å². The molecule has 0 aromatic rings. The molecule has 1 amide bonds. The Bertz CT molecular complexity index is 603. The van der Waals surface area contributed by atoms with Gasteiger partial charge in [-0.15, -0.1) is 0 Å². The largest absolute Gasteiger partial charge is 0.410 e. The van der Waals surface area contributed by atoms with E-state index in [0.29, 0.717) is 5.57 Å². The molecule has 5 heteroatoms. The first-order valence-electron chi connectivity index (χ1n) is 5.96. The molecule has 0 heterocycles. The van der Waals surface area contributed by atoms with Gasteiger partial charge in [0.15, 0.2) is 0 Å². The first-order valence-corrected chi connectivity index (χ1v) is 5.96. The van der Waals surface area contributed by atoms with E-state index in [0.717, 1.165) is 30.6 Å². The molecule has 3 rings (SSSR count). The maximum atomic E-state index is 12.7. The van der Waals surface area contributed by atoms with Crippen LogP contribution in [-0.4, -0.2) is 17.6 Å². The summed E-state index contributed by atoms with van der Waals surface area (Å²) in [7, 11) is 0. The SMILES string of the molecule is CC(C)(NC(=O)C1=CC=C2C1=CC1=CC12)C(F)(F)F. The Kier molecular flexibility index (Phi) is 2.20. The van der Waals surface area contributed by atoms with E-state index in [4.69, 9.17) is 0 Å². The zero-order chi connectivity index (χ0) is 14.0. The van der Waals surface area contributed by atoms with E-state index in [9.17, 15) is 18.0 Å². The molecule has 100 valence electrons. The number of amides is 1. The molecule has 0 fully saturated rings. The zero-order valence-electron chi connectivity index (χ0n) is 10.4. The van der Waals surface area contributed by atoms with E-state index < -0.39 is 17.6 Å². The van der Waals surface area contributed by atoms with Gasteiger partial charge in [0.1, 0.15) is 5.54 Å². The van der Waals surface area contributed by atoms with Crippen molar-refractivity contribution in [2.45, 2.75) is 25.6 Å². The van der Waals surface area contributed by atoms with Crippen LogP contribution in [0.15, 0.2) is 46.6 Å². The highest BCUT2D eigenvalue weighted by Crippen LogP contribution is 2.51. The van der Waals surface area contributed by atoms with Crippen molar-refractivity contribution in [2.24, 2.45) is 5.92 Å². The second-order valence-corrected chi connectivity index (χ2v) is 5.48. The minimum Gasteiger partial charge on any atom is -0.338 e. The van der Waals surface area contributed by atoms with Crippen LogP contribution in [0, 0.1) is 5.92 Å². The number of carbonyl (C=O) groups excluding carboxylic acids is 1. The predicted octanol–water partition coefficient (Wildman–Crippen LogP) is 2.81. The smallest absolute Gasteiger partial charge is 0.338 e. The summed E-state index contributed by atoms with van der Waals surface area (Å²) in [6.07, 6.45) is 2.85. The van der Waals surface area contributed by atoms with Gasteiger partial charge in [0.25, 0.3) is 5.91 Å². The van der Waals surface area contributed by atoms with Gasteiger partial charge in [0, 0.05) is 11.5 Å². The molecule has 1 atom stereocenters. The molecule has 2 nitrogen and oxygen atoms in total. The second-order valence-electron chi connectivity index (χ2n) is 5.48. The number of nitrogens with one attached hydrogen (secondary N) is 1. The van der Waals surface area contributed by atoms with Crippen LogP contribution in [0.25, 0.3) is 0 Å². The summed E-state index contributed by atoms with van der Waals surface area (Å²) >= 11 is 0. The normalized spacial score (nSPS) is 23.9. The maximum Gasteiger partial charge on any atom is 0.410 e. The van der Waals surface area contributed by atoms with Crippen molar-refractivity contribution in [2.75, 3.05) is 0 Å². The summed E-state index contributed by atoms with van der Waals surface area (Å²) in [6, 6.07) is 0. The van der Waals surface area contributed by atoms with Gasteiger partial charge >= 0.3 is 6.18 Å². The van der Waals surface area contributed by atoms with Crippen LogP contribution in [0.3, 0.4) is 0 Å². The average molecular weight is 267 g/mol. The molecule has 0 spiro atoms. The third-order valence-electron chi connectivity index (χ3n) is 3.67. The molecule has 0 saturated carbocycles. The summed E-state index contributed by atoms with van der Waals surface area (Å²) in [6.45, 7) is 1.91. The second kappa shape index (κ2) is 3.40. The van der Waals surface area contributed by atoms with Crippen LogP contribution in [0.1, 0.15) is 13.8 Å². The maximum absolute atomic E-state index is 12.7. The van der Waals surface area contributed by atoms with Crippen molar-refractivity contribution in [3.63, 3.8) is 0 Å². The van der Waals surface area contributed by atoms with Gasteiger partial charge < -0.3 is 5.32 Å². The van der Waals surface area contributed by atoms with E-state index in [1.54, 1.807) is 6.08 Å². The van der Waals surface area contributed by atoms with Crippen LogP contribution in [-0.2, 0) is 4.79 Å². The number of allylic oxidation sites excluding steroid dienone is 6. The van der Waals surface area contributed by atoms with E-state index in [1.165, 1.54) is 0 Å². The van der Waals surface area contributed by atoms with E-state index in [1.807, 2.05) is 12.2 Å². The molecule has 0 aromatic heterocycles. The number of halogens is 3. The Labute approximate surface area is 108 Å². The molecule has 0 aromatic carbocycles. The number of rotatable bonds is 2. The Balaban J connectivity index is 1.77. The first kappa shape index (κ1) is 12.3. The summed E-state index contributed by atoms with van der Waals surface area (Å²) < 4.78 is 38.2. The standard InChI is InChI=1S/C14H12F3NO/c1-13(2,14(15,16)17)18-12(19)9-4-3-8-10-5-7(10)6-11(8)9/h3-6,10H,1-2H3,(H,18,19). The van der Waals surface area contributed by atoms with Crippen molar-refractivity contribution in [1.82, 2.24) is 5.32 Å². The molecular weight excluding hydrogens is 255 g/mol. The fourth-order valence-electron chi connectivity index (χ4n) is 2.28. The molecule has 0 saturated heterocycles. The number of carbonyl (C=O) groups is 1.